The largest absolute Gasteiger partial charge is 0.497 e. The van der Waals surface area contributed by atoms with Crippen LogP contribution in [0.5, 0.6) is 11.5 Å². The van der Waals surface area contributed by atoms with Crippen LogP contribution in [0.2, 0.25) is 0 Å². The first kappa shape index (κ1) is 18.5. The number of amides is 1. The Hall–Kier alpha value is -3.28. The Morgan fingerprint density at radius 1 is 1.07 bits per heavy atom. The van der Waals surface area contributed by atoms with Crippen molar-refractivity contribution in [1.29, 1.82) is 0 Å². The predicted octanol–water partition coefficient (Wildman–Crippen LogP) is 3.44. The molecule has 0 saturated carbocycles. The van der Waals surface area contributed by atoms with Gasteiger partial charge in [0.1, 0.15) is 17.3 Å². The van der Waals surface area contributed by atoms with Crippen molar-refractivity contribution in [2.45, 2.75) is 19.9 Å². The number of aromatic nitrogens is 2. The lowest BCUT2D eigenvalue weighted by molar-refractivity contribution is -0.115. The smallest absolute Gasteiger partial charge is 0.230 e. The molecular weight excluding hydrogens is 342 g/mol. The third-order valence-electron chi connectivity index (χ3n) is 4.18. The van der Waals surface area contributed by atoms with Crippen molar-refractivity contribution in [3.63, 3.8) is 0 Å². The van der Waals surface area contributed by atoms with Crippen molar-refractivity contribution in [3.05, 3.63) is 71.4 Å². The number of methoxy groups -OCH3 is 2. The second-order valence-corrected chi connectivity index (χ2v) is 6.22. The van der Waals surface area contributed by atoms with Gasteiger partial charge in [-0.25, -0.2) is 4.68 Å². The number of benzene rings is 2. The molecule has 0 aliphatic rings. The summed E-state index contributed by atoms with van der Waals surface area (Å²) in [5.74, 6) is 1.86. The zero-order chi connectivity index (χ0) is 19.2. The van der Waals surface area contributed by atoms with Crippen LogP contribution >= 0.6 is 0 Å². The highest BCUT2D eigenvalue weighted by Gasteiger charge is 2.13. The predicted molar refractivity (Wildman–Crippen MR) is 104 cm³/mol. The van der Waals surface area contributed by atoms with Crippen LogP contribution in [-0.2, 0) is 17.8 Å². The number of carbonyl (C=O) groups is 1. The van der Waals surface area contributed by atoms with E-state index in [2.05, 4.69) is 10.4 Å². The van der Waals surface area contributed by atoms with E-state index in [1.807, 2.05) is 49.4 Å². The summed E-state index contributed by atoms with van der Waals surface area (Å²) in [5.41, 5.74) is 2.73. The number of anilines is 1. The normalized spacial score (nSPS) is 10.5. The van der Waals surface area contributed by atoms with Gasteiger partial charge in [-0.3, -0.25) is 4.79 Å². The van der Waals surface area contributed by atoms with E-state index in [-0.39, 0.29) is 12.3 Å². The molecular formula is C21H23N3O3. The van der Waals surface area contributed by atoms with E-state index in [9.17, 15) is 4.79 Å². The molecule has 0 atom stereocenters. The van der Waals surface area contributed by atoms with E-state index in [0.717, 1.165) is 16.8 Å². The number of hydrogen-bond donors (Lipinski definition) is 1. The summed E-state index contributed by atoms with van der Waals surface area (Å²) in [4.78, 5) is 12.6. The number of rotatable bonds is 7. The lowest BCUT2D eigenvalue weighted by atomic mass is 10.1. The van der Waals surface area contributed by atoms with Gasteiger partial charge < -0.3 is 14.8 Å². The quantitative estimate of drug-likeness (QED) is 0.697. The van der Waals surface area contributed by atoms with E-state index < -0.39 is 0 Å². The van der Waals surface area contributed by atoms with Crippen molar-refractivity contribution in [1.82, 2.24) is 9.78 Å². The van der Waals surface area contributed by atoms with Crippen LogP contribution in [0.15, 0.2) is 54.6 Å². The zero-order valence-electron chi connectivity index (χ0n) is 15.7. The topological polar surface area (TPSA) is 65.4 Å². The van der Waals surface area contributed by atoms with Crippen molar-refractivity contribution < 1.29 is 14.3 Å². The molecule has 0 fully saturated rings. The number of nitrogens with one attached hydrogen (secondary N) is 1. The number of nitrogens with zero attached hydrogens (tertiary/aromatic N) is 2. The Morgan fingerprint density at radius 2 is 1.85 bits per heavy atom. The van der Waals surface area contributed by atoms with E-state index in [1.54, 1.807) is 31.0 Å². The van der Waals surface area contributed by atoms with E-state index >= 15 is 0 Å². The van der Waals surface area contributed by atoms with E-state index in [0.29, 0.717) is 23.9 Å². The average Bonchev–Trinajstić information content (AvgIpc) is 3.01. The highest BCUT2D eigenvalue weighted by atomic mass is 16.5. The van der Waals surface area contributed by atoms with Crippen LogP contribution in [0.4, 0.5) is 5.82 Å². The molecule has 6 heteroatoms. The van der Waals surface area contributed by atoms with Crippen molar-refractivity contribution in [3.8, 4) is 11.5 Å². The van der Waals surface area contributed by atoms with Gasteiger partial charge in [0.15, 0.2) is 0 Å². The summed E-state index contributed by atoms with van der Waals surface area (Å²) in [6.45, 7) is 2.50. The minimum Gasteiger partial charge on any atom is -0.497 e. The fourth-order valence-corrected chi connectivity index (χ4v) is 2.90. The Morgan fingerprint density at radius 3 is 2.56 bits per heavy atom. The summed E-state index contributed by atoms with van der Waals surface area (Å²) < 4.78 is 12.4. The summed E-state index contributed by atoms with van der Waals surface area (Å²) >= 11 is 0. The lowest BCUT2D eigenvalue weighted by Gasteiger charge is -2.12. The molecule has 0 spiro atoms. The highest BCUT2D eigenvalue weighted by molar-refractivity contribution is 5.92. The summed E-state index contributed by atoms with van der Waals surface area (Å²) in [5, 5.41) is 7.44. The molecule has 0 unspecified atom stereocenters. The second kappa shape index (κ2) is 8.40. The monoisotopic (exact) mass is 365 g/mol. The number of ether oxygens (including phenoxy) is 2. The Balaban J connectivity index is 1.75. The molecule has 0 bridgehead atoms. The third-order valence-corrected chi connectivity index (χ3v) is 4.18. The molecule has 27 heavy (non-hydrogen) atoms. The van der Waals surface area contributed by atoms with Gasteiger partial charge in [0, 0.05) is 11.6 Å². The van der Waals surface area contributed by atoms with Gasteiger partial charge in [0.05, 0.1) is 32.9 Å². The molecule has 3 rings (SSSR count). The minimum atomic E-state index is -0.143. The first-order valence-electron chi connectivity index (χ1n) is 8.68. The van der Waals surface area contributed by atoms with Gasteiger partial charge in [0.25, 0.3) is 0 Å². The summed E-state index contributed by atoms with van der Waals surface area (Å²) in [7, 11) is 3.18. The summed E-state index contributed by atoms with van der Waals surface area (Å²) in [6.07, 6.45) is 0.177. The van der Waals surface area contributed by atoms with E-state index in [1.165, 1.54) is 0 Å². The third kappa shape index (κ3) is 4.67. The van der Waals surface area contributed by atoms with Gasteiger partial charge in [-0.2, -0.15) is 5.10 Å². The van der Waals surface area contributed by atoms with Crippen molar-refractivity contribution >= 4 is 11.7 Å². The van der Waals surface area contributed by atoms with Gasteiger partial charge in [0.2, 0.25) is 5.91 Å². The fraction of sp³-hybridized carbons (Fsp3) is 0.238. The number of aryl methyl sites for hydroxylation is 1. The molecule has 1 aromatic heterocycles. The molecule has 1 amide bonds. The zero-order valence-corrected chi connectivity index (χ0v) is 15.7. The average molecular weight is 365 g/mol. The van der Waals surface area contributed by atoms with Crippen LogP contribution in [0.25, 0.3) is 0 Å². The first-order valence-corrected chi connectivity index (χ1v) is 8.68. The Labute approximate surface area is 158 Å². The maximum Gasteiger partial charge on any atom is 0.230 e. The van der Waals surface area contributed by atoms with Gasteiger partial charge >= 0.3 is 0 Å². The Bertz CT molecular complexity index is 920. The lowest BCUT2D eigenvalue weighted by Crippen LogP contribution is -2.18. The van der Waals surface area contributed by atoms with Gasteiger partial charge in [-0.05, 0) is 30.7 Å². The molecule has 3 aromatic rings. The van der Waals surface area contributed by atoms with E-state index in [4.69, 9.17) is 9.47 Å². The Kier molecular flexibility index (Phi) is 5.76. The van der Waals surface area contributed by atoms with Crippen LogP contribution in [-0.4, -0.2) is 29.9 Å². The molecule has 0 aliphatic carbocycles. The maximum atomic E-state index is 12.6. The highest BCUT2D eigenvalue weighted by Crippen LogP contribution is 2.25. The van der Waals surface area contributed by atoms with Crippen LogP contribution in [0.1, 0.15) is 16.8 Å². The van der Waals surface area contributed by atoms with Crippen LogP contribution in [0.3, 0.4) is 0 Å². The second-order valence-electron chi connectivity index (χ2n) is 6.22. The molecule has 1 heterocycles. The molecule has 0 radical (unpaired) electrons. The van der Waals surface area contributed by atoms with Crippen molar-refractivity contribution in [2.24, 2.45) is 0 Å². The number of hydrogen-bond acceptors (Lipinski definition) is 4. The van der Waals surface area contributed by atoms with Crippen LogP contribution < -0.4 is 14.8 Å². The molecule has 0 saturated heterocycles. The van der Waals surface area contributed by atoms with Crippen LogP contribution in [0, 0.1) is 6.92 Å². The molecule has 140 valence electrons. The first-order chi connectivity index (χ1) is 13.1. The van der Waals surface area contributed by atoms with Gasteiger partial charge in [-0.1, -0.05) is 30.3 Å². The molecule has 1 N–H and O–H groups in total. The van der Waals surface area contributed by atoms with Gasteiger partial charge in [-0.15, -0.1) is 0 Å². The minimum absolute atomic E-state index is 0.143. The maximum absolute atomic E-state index is 12.6. The SMILES string of the molecule is COc1ccc(OC)c(CC(=O)Nc2cc(C)nn2Cc2ccccc2)c1. The molecule has 2 aromatic carbocycles. The molecule has 6 nitrogen and oxygen atoms in total. The molecule has 0 aliphatic heterocycles. The van der Waals surface area contributed by atoms with Crippen molar-refractivity contribution in [2.75, 3.05) is 19.5 Å². The number of carbonyl (C=O) groups excluding carboxylic acids is 1. The summed E-state index contributed by atoms with van der Waals surface area (Å²) in [6, 6.07) is 17.3. The fourth-order valence-electron chi connectivity index (χ4n) is 2.90. The standard InChI is InChI=1S/C21H23N3O3/c1-15-11-20(24(23-15)14-16-7-5-4-6-8-16)22-21(25)13-17-12-18(26-2)9-10-19(17)27-3/h4-12H,13-14H2,1-3H3,(H,22,25).